The monoisotopic (exact) mass is 208 g/mol. The van der Waals surface area contributed by atoms with Crippen molar-refractivity contribution in [3.8, 4) is 0 Å². The van der Waals surface area contributed by atoms with Crippen LogP contribution in [0.15, 0.2) is 24.3 Å². The predicted molar refractivity (Wildman–Crippen MR) is 57.3 cm³/mol. The Balaban J connectivity index is 3.02. The first-order chi connectivity index (χ1) is 6.94. The molecule has 0 amide bonds. The third-order valence-electron chi connectivity index (χ3n) is 2.87. The minimum Gasteiger partial charge on any atom is -0.465 e. The standard InChI is InChI=1S/C12H16O3/c1-5-15-11(14)12(10(4)13)6-8(2)9(3)7-12/h2-3,5-7H2,1,4H3. The molecular formula is C12H16O3. The molecule has 3 heteroatoms. The number of carbonyl (C=O) groups excluding carboxylic acids is 2. The van der Waals surface area contributed by atoms with Gasteiger partial charge in [0.25, 0.3) is 0 Å². The average Bonchev–Trinajstić information content (AvgIpc) is 2.45. The summed E-state index contributed by atoms with van der Waals surface area (Å²) in [5.41, 5.74) is 0.501. The van der Waals surface area contributed by atoms with E-state index in [0.717, 1.165) is 11.1 Å². The number of hydrogen-bond donors (Lipinski definition) is 0. The van der Waals surface area contributed by atoms with Crippen LogP contribution in [0, 0.1) is 5.41 Å². The molecule has 0 unspecified atom stereocenters. The molecule has 15 heavy (non-hydrogen) atoms. The molecule has 0 atom stereocenters. The van der Waals surface area contributed by atoms with E-state index in [2.05, 4.69) is 13.2 Å². The van der Waals surface area contributed by atoms with Crippen LogP contribution < -0.4 is 0 Å². The minimum atomic E-state index is -1.05. The summed E-state index contributed by atoms with van der Waals surface area (Å²) in [7, 11) is 0. The predicted octanol–water partition coefficient (Wildman–Crippen LogP) is 2.03. The minimum absolute atomic E-state index is 0.166. The molecule has 0 aromatic rings. The largest absolute Gasteiger partial charge is 0.465 e. The third-order valence-corrected chi connectivity index (χ3v) is 2.87. The van der Waals surface area contributed by atoms with Crippen LogP contribution >= 0.6 is 0 Å². The highest BCUT2D eigenvalue weighted by Gasteiger charge is 2.49. The van der Waals surface area contributed by atoms with Crippen molar-refractivity contribution >= 4 is 11.8 Å². The van der Waals surface area contributed by atoms with Crippen molar-refractivity contribution in [3.63, 3.8) is 0 Å². The van der Waals surface area contributed by atoms with Crippen LogP contribution in [-0.2, 0) is 14.3 Å². The van der Waals surface area contributed by atoms with Gasteiger partial charge in [0.2, 0.25) is 0 Å². The summed E-state index contributed by atoms with van der Waals surface area (Å²) in [6.45, 7) is 11.0. The van der Waals surface area contributed by atoms with Gasteiger partial charge < -0.3 is 4.74 Å². The molecule has 0 radical (unpaired) electrons. The molecule has 0 saturated heterocycles. The van der Waals surface area contributed by atoms with Gasteiger partial charge in [-0.15, -0.1) is 0 Å². The maximum Gasteiger partial charge on any atom is 0.320 e. The Morgan fingerprint density at radius 3 is 2.13 bits per heavy atom. The molecule has 1 aliphatic carbocycles. The van der Waals surface area contributed by atoms with E-state index >= 15 is 0 Å². The highest BCUT2D eigenvalue weighted by Crippen LogP contribution is 2.45. The van der Waals surface area contributed by atoms with Crippen LogP contribution in [0.2, 0.25) is 0 Å². The van der Waals surface area contributed by atoms with Gasteiger partial charge >= 0.3 is 5.97 Å². The van der Waals surface area contributed by atoms with Gasteiger partial charge in [0.15, 0.2) is 0 Å². The van der Waals surface area contributed by atoms with Crippen LogP contribution in [0.5, 0.6) is 0 Å². The number of hydrogen-bond acceptors (Lipinski definition) is 3. The maximum atomic E-state index is 11.8. The van der Waals surface area contributed by atoms with Crippen molar-refractivity contribution in [2.24, 2.45) is 5.41 Å². The van der Waals surface area contributed by atoms with Gasteiger partial charge in [0.05, 0.1) is 6.61 Å². The fraction of sp³-hybridized carbons (Fsp3) is 0.500. The third kappa shape index (κ3) is 1.87. The zero-order valence-electron chi connectivity index (χ0n) is 9.26. The molecule has 0 bridgehead atoms. The van der Waals surface area contributed by atoms with Crippen LogP contribution in [0.1, 0.15) is 26.7 Å². The average molecular weight is 208 g/mol. The molecule has 0 spiro atoms. The van der Waals surface area contributed by atoms with Gasteiger partial charge in [-0.25, -0.2) is 0 Å². The van der Waals surface area contributed by atoms with Crippen LogP contribution in [0.25, 0.3) is 0 Å². The molecule has 3 nitrogen and oxygen atoms in total. The van der Waals surface area contributed by atoms with Crippen molar-refractivity contribution < 1.29 is 14.3 Å². The second-order valence-electron chi connectivity index (χ2n) is 3.92. The SMILES string of the molecule is C=C1CC(C(C)=O)(C(=O)OCC)CC1=C. The Labute approximate surface area is 89.8 Å². The van der Waals surface area contributed by atoms with Gasteiger partial charge in [0, 0.05) is 0 Å². The number of esters is 1. The van der Waals surface area contributed by atoms with Crippen molar-refractivity contribution in [1.82, 2.24) is 0 Å². The molecular weight excluding hydrogens is 192 g/mol. The second-order valence-corrected chi connectivity index (χ2v) is 3.92. The molecule has 1 saturated carbocycles. The van der Waals surface area contributed by atoms with Gasteiger partial charge in [0.1, 0.15) is 11.2 Å². The Morgan fingerprint density at radius 2 is 1.80 bits per heavy atom. The molecule has 0 heterocycles. The van der Waals surface area contributed by atoms with E-state index in [4.69, 9.17) is 4.74 Å². The number of ether oxygens (including phenoxy) is 1. The lowest BCUT2D eigenvalue weighted by atomic mass is 9.82. The summed E-state index contributed by atoms with van der Waals surface area (Å²) >= 11 is 0. The lowest BCUT2D eigenvalue weighted by Crippen LogP contribution is -2.37. The number of allylic oxidation sites excluding steroid dienone is 2. The Bertz CT molecular complexity index is 323. The quantitative estimate of drug-likeness (QED) is 0.526. The summed E-state index contributed by atoms with van der Waals surface area (Å²) in [4.78, 5) is 23.4. The van der Waals surface area contributed by atoms with Gasteiger partial charge in [-0.05, 0) is 26.7 Å². The number of Topliss-reactive ketones (excluding diaryl/α,β-unsaturated/α-hetero) is 1. The fourth-order valence-electron chi connectivity index (χ4n) is 1.85. The van der Waals surface area contributed by atoms with Crippen molar-refractivity contribution in [1.29, 1.82) is 0 Å². The molecule has 0 aliphatic heterocycles. The lowest BCUT2D eigenvalue weighted by Gasteiger charge is -2.22. The second kappa shape index (κ2) is 4.01. The van der Waals surface area contributed by atoms with Crippen molar-refractivity contribution in [2.75, 3.05) is 6.61 Å². The molecule has 1 rings (SSSR count). The smallest absolute Gasteiger partial charge is 0.320 e. The number of ketones is 1. The summed E-state index contributed by atoms with van der Waals surface area (Å²) in [5, 5.41) is 0. The summed E-state index contributed by atoms with van der Waals surface area (Å²) in [6, 6.07) is 0. The Kier molecular flexibility index (Phi) is 3.12. The highest BCUT2D eigenvalue weighted by atomic mass is 16.5. The van der Waals surface area contributed by atoms with E-state index < -0.39 is 11.4 Å². The first-order valence-corrected chi connectivity index (χ1v) is 4.98. The molecule has 1 aliphatic rings. The Hall–Kier alpha value is -1.38. The first-order valence-electron chi connectivity index (χ1n) is 4.98. The van der Waals surface area contributed by atoms with Gasteiger partial charge in [-0.2, -0.15) is 0 Å². The zero-order valence-corrected chi connectivity index (χ0v) is 9.26. The van der Waals surface area contributed by atoms with Crippen molar-refractivity contribution in [3.05, 3.63) is 24.3 Å². The zero-order chi connectivity index (χ0) is 11.6. The van der Waals surface area contributed by atoms with E-state index in [-0.39, 0.29) is 12.4 Å². The van der Waals surface area contributed by atoms with E-state index in [1.807, 2.05) is 0 Å². The van der Waals surface area contributed by atoms with Gasteiger partial charge in [-0.3, -0.25) is 9.59 Å². The Morgan fingerprint density at radius 1 is 1.33 bits per heavy atom. The van der Waals surface area contributed by atoms with Gasteiger partial charge in [-0.1, -0.05) is 24.3 Å². The van der Waals surface area contributed by atoms with Crippen LogP contribution in [-0.4, -0.2) is 18.4 Å². The molecule has 0 N–H and O–H groups in total. The number of rotatable bonds is 3. The van der Waals surface area contributed by atoms with E-state index in [9.17, 15) is 9.59 Å². The maximum absolute atomic E-state index is 11.8. The number of carbonyl (C=O) groups is 2. The van der Waals surface area contributed by atoms with Crippen LogP contribution in [0.4, 0.5) is 0 Å². The normalized spacial score (nSPS) is 19.1. The fourth-order valence-corrected chi connectivity index (χ4v) is 1.85. The lowest BCUT2D eigenvalue weighted by molar-refractivity contribution is -0.158. The van der Waals surface area contributed by atoms with Crippen molar-refractivity contribution in [2.45, 2.75) is 26.7 Å². The summed E-state index contributed by atoms with van der Waals surface area (Å²) in [5.74, 6) is -0.613. The first kappa shape index (κ1) is 11.7. The van der Waals surface area contributed by atoms with E-state index in [1.165, 1.54) is 6.92 Å². The topological polar surface area (TPSA) is 43.4 Å². The van der Waals surface area contributed by atoms with E-state index in [1.54, 1.807) is 6.92 Å². The van der Waals surface area contributed by atoms with E-state index in [0.29, 0.717) is 12.8 Å². The van der Waals surface area contributed by atoms with Crippen LogP contribution in [0.3, 0.4) is 0 Å². The summed E-state index contributed by atoms with van der Waals surface area (Å²) < 4.78 is 4.95. The highest BCUT2D eigenvalue weighted by molar-refractivity contribution is 6.04. The summed E-state index contributed by atoms with van der Waals surface area (Å²) in [6.07, 6.45) is 0.694. The molecule has 0 aromatic carbocycles. The molecule has 1 fully saturated rings. The molecule has 0 aromatic heterocycles. The molecule has 82 valence electrons.